The number of ether oxygens (including phenoxy) is 2. The number of hydrogen-bond acceptors (Lipinski definition) is 6. The molecule has 34 heavy (non-hydrogen) atoms. The van der Waals surface area contributed by atoms with E-state index in [-0.39, 0.29) is 12.5 Å². The van der Waals surface area contributed by atoms with Gasteiger partial charge >= 0.3 is 0 Å². The molecule has 1 heterocycles. The van der Waals surface area contributed by atoms with Crippen molar-refractivity contribution in [3.63, 3.8) is 0 Å². The van der Waals surface area contributed by atoms with Crippen LogP contribution in [0.5, 0.6) is 11.5 Å². The van der Waals surface area contributed by atoms with Crippen molar-refractivity contribution < 1.29 is 19.4 Å². The number of hydrogen-bond donors (Lipinski definition) is 1. The van der Waals surface area contributed by atoms with Crippen LogP contribution in [0.2, 0.25) is 0 Å². The average Bonchev–Trinajstić information content (AvgIpc) is 3.56. The van der Waals surface area contributed by atoms with E-state index in [9.17, 15) is 9.90 Å². The number of carbonyl (C=O) groups is 1. The van der Waals surface area contributed by atoms with Crippen LogP contribution in [0.1, 0.15) is 51.1 Å². The molecule has 0 aliphatic heterocycles. The maximum absolute atomic E-state index is 13.8. The van der Waals surface area contributed by atoms with Gasteiger partial charge in [-0.2, -0.15) is 0 Å². The van der Waals surface area contributed by atoms with Gasteiger partial charge in [0, 0.05) is 6.54 Å². The Balaban J connectivity index is 1.63. The number of nitrogens with zero attached hydrogens (tertiary/aromatic N) is 2. The van der Waals surface area contributed by atoms with Crippen LogP contribution >= 0.6 is 11.3 Å². The normalized spacial score (nSPS) is 14.1. The van der Waals surface area contributed by atoms with Crippen molar-refractivity contribution in [2.24, 2.45) is 5.92 Å². The lowest BCUT2D eigenvalue weighted by atomic mass is 10.0. The van der Waals surface area contributed by atoms with Crippen molar-refractivity contribution in [2.75, 3.05) is 27.3 Å². The van der Waals surface area contributed by atoms with Crippen LogP contribution < -0.4 is 9.47 Å². The smallest absolute Gasteiger partial charge is 0.274 e. The first-order valence-corrected chi connectivity index (χ1v) is 12.4. The Morgan fingerprint density at radius 2 is 1.85 bits per heavy atom. The zero-order chi connectivity index (χ0) is 24.4. The lowest BCUT2D eigenvalue weighted by Crippen LogP contribution is -2.37. The van der Waals surface area contributed by atoms with Crippen molar-refractivity contribution in [3.8, 4) is 21.9 Å². The second-order valence-corrected chi connectivity index (χ2v) is 10.2. The largest absolute Gasteiger partial charge is 0.493 e. The summed E-state index contributed by atoms with van der Waals surface area (Å²) in [6, 6.07) is 11.6. The maximum atomic E-state index is 13.8. The molecule has 7 heteroatoms. The Kier molecular flexibility index (Phi) is 7.24. The summed E-state index contributed by atoms with van der Waals surface area (Å²) in [6.45, 7) is 6.86. The minimum absolute atomic E-state index is 0.134. The van der Waals surface area contributed by atoms with E-state index in [2.05, 4.69) is 37.0 Å². The van der Waals surface area contributed by atoms with E-state index in [1.54, 1.807) is 48.7 Å². The molecule has 1 aliphatic carbocycles. The summed E-state index contributed by atoms with van der Waals surface area (Å²) in [7, 11) is 3.14. The fourth-order valence-electron chi connectivity index (χ4n) is 4.20. The second kappa shape index (κ2) is 10.2. The predicted octanol–water partition coefficient (Wildman–Crippen LogP) is 5.34. The fraction of sp³-hybridized carbons (Fsp3) is 0.407. The Bertz CT molecular complexity index is 1190. The van der Waals surface area contributed by atoms with Gasteiger partial charge in [0.15, 0.2) is 11.5 Å². The van der Waals surface area contributed by atoms with Gasteiger partial charge in [-0.15, -0.1) is 11.3 Å². The summed E-state index contributed by atoms with van der Waals surface area (Å²) in [6.07, 6.45) is 1.36. The minimum atomic E-state index is -0.855. The van der Waals surface area contributed by atoms with Crippen molar-refractivity contribution in [3.05, 3.63) is 63.8 Å². The predicted molar refractivity (Wildman–Crippen MR) is 135 cm³/mol. The number of carbonyl (C=O) groups excluding carboxylic acids is 1. The first-order valence-electron chi connectivity index (χ1n) is 11.5. The fourth-order valence-corrected chi connectivity index (χ4v) is 5.20. The summed E-state index contributed by atoms with van der Waals surface area (Å²) in [4.78, 5) is 21.1. The zero-order valence-electron chi connectivity index (χ0n) is 20.4. The van der Waals surface area contributed by atoms with Gasteiger partial charge in [0.1, 0.15) is 5.69 Å². The van der Waals surface area contributed by atoms with Crippen molar-refractivity contribution >= 4 is 17.2 Å². The molecule has 0 spiro atoms. The van der Waals surface area contributed by atoms with Crippen LogP contribution in [-0.4, -0.2) is 48.2 Å². The van der Waals surface area contributed by atoms with Gasteiger partial charge in [0.2, 0.25) is 0 Å². The Hall–Kier alpha value is -2.90. The quantitative estimate of drug-likeness (QED) is 0.448. The van der Waals surface area contributed by atoms with E-state index >= 15 is 0 Å². The topological polar surface area (TPSA) is 71.9 Å². The van der Waals surface area contributed by atoms with Crippen LogP contribution in [0.4, 0.5) is 0 Å². The molecule has 1 unspecified atom stereocenters. The van der Waals surface area contributed by atoms with Crippen LogP contribution in [0.25, 0.3) is 10.4 Å². The molecule has 180 valence electrons. The lowest BCUT2D eigenvalue weighted by Gasteiger charge is -2.26. The zero-order valence-corrected chi connectivity index (χ0v) is 21.2. The molecular weight excluding hydrogens is 448 g/mol. The standard InChI is InChI=1S/C27H32N2O4S/c1-16-6-10-21(17(2)12-16)26-25(28-18(3)34-26)27(31)29(14-19-7-8-19)15-22(30)20-9-11-23(32-4)24(13-20)33-5/h6,9-13,19,22,30H,7-8,14-15H2,1-5H3. The third-order valence-corrected chi connectivity index (χ3v) is 7.22. The molecule has 3 aromatic rings. The average molecular weight is 481 g/mol. The molecule has 1 aliphatic rings. The molecule has 0 bridgehead atoms. The maximum Gasteiger partial charge on any atom is 0.274 e. The molecule has 1 atom stereocenters. The van der Waals surface area contributed by atoms with Gasteiger partial charge in [-0.05, 0) is 68.4 Å². The van der Waals surface area contributed by atoms with Crippen molar-refractivity contribution in [2.45, 2.75) is 39.7 Å². The number of benzene rings is 2. The van der Waals surface area contributed by atoms with Crippen LogP contribution in [-0.2, 0) is 0 Å². The molecule has 2 aromatic carbocycles. The number of aliphatic hydroxyl groups is 1. The summed E-state index contributed by atoms with van der Waals surface area (Å²) in [5, 5.41) is 11.9. The highest BCUT2D eigenvalue weighted by Crippen LogP contribution is 2.36. The highest BCUT2D eigenvalue weighted by Gasteiger charge is 2.31. The molecule has 1 N–H and O–H groups in total. The minimum Gasteiger partial charge on any atom is -0.493 e. The summed E-state index contributed by atoms with van der Waals surface area (Å²) in [5.74, 6) is 1.49. The van der Waals surface area contributed by atoms with E-state index in [1.807, 2.05) is 6.92 Å². The second-order valence-electron chi connectivity index (χ2n) is 9.01. The number of methoxy groups -OCH3 is 2. The van der Waals surface area contributed by atoms with Crippen LogP contribution in [0.3, 0.4) is 0 Å². The molecule has 1 saturated carbocycles. The van der Waals surface area contributed by atoms with E-state index < -0.39 is 6.10 Å². The first-order chi connectivity index (χ1) is 16.3. The molecule has 6 nitrogen and oxygen atoms in total. The Labute approximate surface area is 205 Å². The SMILES string of the molecule is COc1ccc(C(O)CN(CC2CC2)C(=O)c2nc(C)sc2-c2ccc(C)cc2C)cc1OC. The monoisotopic (exact) mass is 480 g/mol. The Morgan fingerprint density at radius 1 is 1.12 bits per heavy atom. The third-order valence-electron chi connectivity index (χ3n) is 6.21. The first kappa shape index (κ1) is 24.2. The van der Waals surface area contributed by atoms with E-state index in [0.29, 0.717) is 35.2 Å². The van der Waals surface area contributed by atoms with Gasteiger partial charge in [0.25, 0.3) is 5.91 Å². The molecule has 1 aromatic heterocycles. The lowest BCUT2D eigenvalue weighted by molar-refractivity contribution is 0.0606. The Morgan fingerprint density at radius 3 is 2.50 bits per heavy atom. The van der Waals surface area contributed by atoms with Crippen molar-refractivity contribution in [1.82, 2.24) is 9.88 Å². The van der Waals surface area contributed by atoms with Gasteiger partial charge in [-0.1, -0.05) is 29.8 Å². The number of rotatable bonds is 9. The highest BCUT2D eigenvalue weighted by molar-refractivity contribution is 7.15. The molecule has 1 fully saturated rings. The number of aryl methyl sites for hydroxylation is 3. The van der Waals surface area contributed by atoms with Crippen molar-refractivity contribution in [1.29, 1.82) is 0 Å². The third kappa shape index (κ3) is 5.26. The van der Waals surface area contributed by atoms with Gasteiger partial charge in [0.05, 0.1) is 36.8 Å². The van der Waals surface area contributed by atoms with Gasteiger partial charge < -0.3 is 19.5 Å². The molecule has 0 saturated heterocycles. The van der Waals surface area contributed by atoms with E-state index in [1.165, 1.54) is 5.56 Å². The molecule has 1 amide bonds. The van der Waals surface area contributed by atoms with Crippen LogP contribution in [0, 0.1) is 26.7 Å². The number of amides is 1. The number of aliphatic hydroxyl groups excluding tert-OH is 1. The van der Waals surface area contributed by atoms with E-state index in [0.717, 1.165) is 33.9 Å². The molecule has 0 radical (unpaired) electrons. The van der Waals surface area contributed by atoms with E-state index in [4.69, 9.17) is 9.47 Å². The van der Waals surface area contributed by atoms with Gasteiger partial charge in [-0.3, -0.25) is 4.79 Å². The summed E-state index contributed by atoms with van der Waals surface area (Å²) >= 11 is 1.54. The summed E-state index contributed by atoms with van der Waals surface area (Å²) < 4.78 is 10.7. The summed E-state index contributed by atoms with van der Waals surface area (Å²) in [5.41, 5.74) is 4.48. The van der Waals surface area contributed by atoms with Crippen LogP contribution in [0.15, 0.2) is 36.4 Å². The highest BCUT2D eigenvalue weighted by atomic mass is 32.1. The molecule has 4 rings (SSSR count). The molecular formula is C27H32N2O4S. The van der Waals surface area contributed by atoms with Gasteiger partial charge in [-0.25, -0.2) is 4.98 Å². The number of aromatic nitrogens is 1. The number of thiazole rings is 1.